The largest absolute Gasteiger partial charge is 0.496 e. The average Bonchev–Trinajstić information content (AvgIpc) is 2.68. The molecule has 2 heterocycles. The van der Waals surface area contributed by atoms with Gasteiger partial charge in [-0.05, 0) is 23.8 Å². The highest BCUT2D eigenvalue weighted by atomic mass is 35.5. The van der Waals surface area contributed by atoms with E-state index in [9.17, 15) is 4.79 Å². The number of rotatable bonds is 5. The summed E-state index contributed by atoms with van der Waals surface area (Å²) >= 11 is 0. The minimum Gasteiger partial charge on any atom is -0.496 e. The number of hydrogen-bond acceptors (Lipinski definition) is 5. The van der Waals surface area contributed by atoms with E-state index in [0.717, 1.165) is 24.2 Å². The Hall–Kier alpha value is -2.31. The maximum absolute atomic E-state index is 13.1. The van der Waals surface area contributed by atoms with E-state index >= 15 is 0 Å². The fraction of sp³-hybridized carbons (Fsp3) is 0.368. The van der Waals surface area contributed by atoms with Crippen LogP contribution in [0.4, 0.5) is 0 Å². The Morgan fingerprint density at radius 1 is 1.23 bits per heavy atom. The van der Waals surface area contributed by atoms with E-state index in [1.807, 2.05) is 41.4 Å². The number of methoxy groups -OCH3 is 2. The molecule has 1 N–H and O–H groups in total. The molecule has 1 amide bonds. The van der Waals surface area contributed by atoms with Crippen LogP contribution in [0.5, 0.6) is 11.5 Å². The van der Waals surface area contributed by atoms with Crippen LogP contribution in [-0.4, -0.2) is 49.6 Å². The topological polar surface area (TPSA) is 63.7 Å². The monoisotopic (exact) mass is 377 g/mol. The lowest BCUT2D eigenvalue weighted by atomic mass is 10.0. The molecule has 7 heteroatoms. The van der Waals surface area contributed by atoms with Crippen molar-refractivity contribution >= 4 is 18.3 Å². The van der Waals surface area contributed by atoms with Gasteiger partial charge in [0.25, 0.3) is 0 Å². The summed E-state index contributed by atoms with van der Waals surface area (Å²) in [5.41, 5.74) is 1.82. The van der Waals surface area contributed by atoms with Gasteiger partial charge in [0.2, 0.25) is 5.91 Å². The number of piperazine rings is 1. The fourth-order valence-corrected chi connectivity index (χ4v) is 3.23. The van der Waals surface area contributed by atoms with Crippen LogP contribution in [-0.2, 0) is 11.2 Å². The normalized spacial score (nSPS) is 16.5. The van der Waals surface area contributed by atoms with Crippen LogP contribution in [0.2, 0.25) is 0 Å². The molecular formula is C19H24ClN3O3. The molecule has 0 saturated carbocycles. The first-order valence-electron chi connectivity index (χ1n) is 8.34. The SMILES string of the molecule is COc1cccc(OC)c1CC(=O)N1CCNCC1c1cccnc1.Cl. The highest BCUT2D eigenvalue weighted by Crippen LogP contribution is 2.30. The first-order chi connectivity index (χ1) is 12.2. The highest BCUT2D eigenvalue weighted by Gasteiger charge is 2.29. The number of carbonyl (C=O) groups is 1. The molecule has 1 aliphatic heterocycles. The molecular weight excluding hydrogens is 354 g/mol. The molecule has 0 spiro atoms. The number of nitrogens with zero attached hydrogens (tertiary/aromatic N) is 2. The summed E-state index contributed by atoms with van der Waals surface area (Å²) < 4.78 is 10.8. The van der Waals surface area contributed by atoms with Crippen molar-refractivity contribution in [3.8, 4) is 11.5 Å². The summed E-state index contributed by atoms with van der Waals surface area (Å²) in [5.74, 6) is 1.39. The average molecular weight is 378 g/mol. The van der Waals surface area contributed by atoms with Crippen molar-refractivity contribution < 1.29 is 14.3 Å². The maximum Gasteiger partial charge on any atom is 0.227 e. The van der Waals surface area contributed by atoms with Crippen LogP contribution >= 0.6 is 12.4 Å². The van der Waals surface area contributed by atoms with Crippen molar-refractivity contribution in [1.29, 1.82) is 0 Å². The molecule has 1 unspecified atom stereocenters. The number of pyridine rings is 1. The van der Waals surface area contributed by atoms with Gasteiger partial charge in [-0.2, -0.15) is 0 Å². The number of halogens is 1. The maximum atomic E-state index is 13.1. The van der Waals surface area contributed by atoms with Gasteiger partial charge in [-0.3, -0.25) is 9.78 Å². The van der Waals surface area contributed by atoms with Crippen LogP contribution in [0, 0.1) is 0 Å². The number of hydrogen-bond donors (Lipinski definition) is 1. The van der Waals surface area contributed by atoms with E-state index in [-0.39, 0.29) is 30.8 Å². The third kappa shape index (κ3) is 4.26. The molecule has 1 aromatic heterocycles. The summed E-state index contributed by atoms with van der Waals surface area (Å²) in [4.78, 5) is 19.2. The number of ether oxygens (including phenoxy) is 2. The number of nitrogens with one attached hydrogen (secondary N) is 1. The van der Waals surface area contributed by atoms with Crippen molar-refractivity contribution in [2.75, 3.05) is 33.9 Å². The zero-order valence-corrected chi connectivity index (χ0v) is 15.8. The standard InChI is InChI=1S/C19H23N3O3.ClH/c1-24-17-6-3-7-18(25-2)15(17)11-19(23)22-10-9-21-13-16(22)14-5-4-8-20-12-14;/h3-8,12,16,21H,9-11,13H2,1-2H3;1H. The van der Waals surface area contributed by atoms with E-state index in [2.05, 4.69) is 10.3 Å². The zero-order chi connectivity index (χ0) is 17.6. The van der Waals surface area contributed by atoms with E-state index < -0.39 is 0 Å². The lowest BCUT2D eigenvalue weighted by Crippen LogP contribution is -2.49. The number of aromatic nitrogens is 1. The molecule has 1 aliphatic rings. The summed E-state index contributed by atoms with van der Waals surface area (Å²) in [6, 6.07) is 9.44. The molecule has 6 nitrogen and oxygen atoms in total. The van der Waals surface area contributed by atoms with Crippen molar-refractivity contribution in [3.63, 3.8) is 0 Å². The Kier molecular flexibility index (Phi) is 7.24. The minimum absolute atomic E-state index is 0. The fourth-order valence-electron chi connectivity index (χ4n) is 3.23. The third-order valence-corrected chi connectivity index (χ3v) is 4.49. The molecule has 2 aromatic rings. The lowest BCUT2D eigenvalue weighted by Gasteiger charge is -2.36. The van der Waals surface area contributed by atoms with Crippen LogP contribution in [0.1, 0.15) is 17.2 Å². The first-order valence-corrected chi connectivity index (χ1v) is 8.34. The second kappa shape index (κ2) is 9.40. The van der Waals surface area contributed by atoms with Gasteiger partial charge >= 0.3 is 0 Å². The lowest BCUT2D eigenvalue weighted by molar-refractivity contribution is -0.133. The predicted molar refractivity (Wildman–Crippen MR) is 102 cm³/mol. The second-order valence-corrected chi connectivity index (χ2v) is 5.91. The van der Waals surface area contributed by atoms with Gasteiger partial charge in [-0.25, -0.2) is 0 Å². The van der Waals surface area contributed by atoms with E-state index in [4.69, 9.17) is 9.47 Å². The molecule has 1 saturated heterocycles. The Morgan fingerprint density at radius 3 is 2.58 bits per heavy atom. The van der Waals surface area contributed by atoms with Crippen molar-refractivity contribution in [3.05, 3.63) is 53.9 Å². The zero-order valence-electron chi connectivity index (χ0n) is 15.0. The summed E-state index contributed by atoms with van der Waals surface area (Å²) in [5, 5.41) is 3.36. The van der Waals surface area contributed by atoms with Gasteiger partial charge in [0.15, 0.2) is 0 Å². The molecule has 140 valence electrons. The molecule has 1 fully saturated rings. The second-order valence-electron chi connectivity index (χ2n) is 5.91. The minimum atomic E-state index is -0.0179. The third-order valence-electron chi connectivity index (χ3n) is 4.49. The van der Waals surface area contributed by atoms with Crippen LogP contribution in [0.3, 0.4) is 0 Å². The van der Waals surface area contributed by atoms with Crippen LogP contribution in [0.25, 0.3) is 0 Å². The van der Waals surface area contributed by atoms with Gasteiger partial charge in [0.05, 0.1) is 26.7 Å². The van der Waals surface area contributed by atoms with Gasteiger partial charge in [0.1, 0.15) is 11.5 Å². The highest BCUT2D eigenvalue weighted by molar-refractivity contribution is 5.85. The van der Waals surface area contributed by atoms with E-state index in [1.54, 1.807) is 20.4 Å². The quantitative estimate of drug-likeness (QED) is 0.865. The molecule has 3 rings (SSSR count). The Bertz CT molecular complexity index is 705. The Morgan fingerprint density at radius 2 is 1.96 bits per heavy atom. The van der Waals surface area contributed by atoms with Crippen molar-refractivity contribution in [2.24, 2.45) is 0 Å². The van der Waals surface area contributed by atoms with Crippen LogP contribution in [0.15, 0.2) is 42.7 Å². The first kappa shape index (κ1) is 20.0. The van der Waals surface area contributed by atoms with Crippen molar-refractivity contribution in [1.82, 2.24) is 15.2 Å². The molecule has 0 aliphatic carbocycles. The van der Waals surface area contributed by atoms with E-state index in [1.165, 1.54) is 0 Å². The van der Waals surface area contributed by atoms with Gasteiger partial charge in [-0.1, -0.05) is 12.1 Å². The van der Waals surface area contributed by atoms with Crippen LogP contribution < -0.4 is 14.8 Å². The number of benzene rings is 1. The predicted octanol–water partition coefficient (Wildman–Crippen LogP) is 2.24. The number of carbonyl (C=O) groups excluding carboxylic acids is 1. The van der Waals surface area contributed by atoms with Gasteiger partial charge in [0, 0.05) is 37.6 Å². The Labute approximate surface area is 159 Å². The van der Waals surface area contributed by atoms with E-state index in [0.29, 0.717) is 18.0 Å². The summed E-state index contributed by atoms with van der Waals surface area (Å²) in [6.45, 7) is 2.17. The molecule has 26 heavy (non-hydrogen) atoms. The molecule has 1 atom stereocenters. The smallest absolute Gasteiger partial charge is 0.227 e. The molecule has 1 aromatic carbocycles. The Balaban J connectivity index is 0.00000243. The summed E-state index contributed by atoms with van der Waals surface area (Å²) in [7, 11) is 3.21. The summed E-state index contributed by atoms with van der Waals surface area (Å²) in [6.07, 6.45) is 3.80. The van der Waals surface area contributed by atoms with Crippen molar-refractivity contribution in [2.45, 2.75) is 12.5 Å². The van der Waals surface area contributed by atoms with Gasteiger partial charge < -0.3 is 19.7 Å². The molecule has 0 radical (unpaired) electrons. The number of amides is 1. The van der Waals surface area contributed by atoms with Gasteiger partial charge in [-0.15, -0.1) is 12.4 Å². The molecule has 0 bridgehead atoms.